The molecule has 0 unspecified atom stereocenters. The van der Waals surface area contributed by atoms with Gasteiger partial charge < -0.3 is 0 Å². The molecule has 6 heteroatoms. The summed E-state index contributed by atoms with van der Waals surface area (Å²) in [5, 5.41) is 1.61. The van der Waals surface area contributed by atoms with E-state index in [0.717, 1.165) is 30.2 Å². The largest absolute Gasteiger partial charge is 0.298 e. The second kappa shape index (κ2) is 7.60. The van der Waals surface area contributed by atoms with Gasteiger partial charge in [-0.25, -0.2) is 0 Å². The maximum Gasteiger partial charge on any atom is 0.284 e. The lowest BCUT2D eigenvalue weighted by atomic mass is 10.1. The lowest BCUT2D eigenvalue weighted by Crippen LogP contribution is -2.18. The van der Waals surface area contributed by atoms with E-state index < -0.39 is 10.0 Å². The Balaban J connectivity index is 2.18. The SMILES string of the molecule is CCCCc1cn(C(C)(C)C)sc1=NS(=O)(=O)c1cccc2ccccc12. The highest BCUT2D eigenvalue weighted by Gasteiger charge is 2.19. The Morgan fingerprint density at radius 1 is 1.07 bits per heavy atom. The Kier molecular flexibility index (Phi) is 5.58. The Labute approximate surface area is 165 Å². The van der Waals surface area contributed by atoms with Crippen molar-refractivity contribution in [1.29, 1.82) is 0 Å². The number of rotatable bonds is 5. The summed E-state index contributed by atoms with van der Waals surface area (Å²) in [7, 11) is -3.80. The van der Waals surface area contributed by atoms with E-state index in [1.807, 2.05) is 30.3 Å². The monoisotopic (exact) mass is 402 g/mol. The van der Waals surface area contributed by atoms with Gasteiger partial charge in [-0.2, -0.15) is 8.42 Å². The van der Waals surface area contributed by atoms with E-state index in [1.165, 1.54) is 11.5 Å². The minimum absolute atomic E-state index is 0.109. The number of unbranched alkanes of at least 4 members (excludes halogenated alkanes) is 1. The van der Waals surface area contributed by atoms with Crippen LogP contribution in [-0.4, -0.2) is 12.4 Å². The molecule has 2 aromatic carbocycles. The zero-order chi connectivity index (χ0) is 19.7. The molecule has 0 aliphatic rings. The fraction of sp³-hybridized carbons (Fsp3) is 0.381. The van der Waals surface area contributed by atoms with E-state index >= 15 is 0 Å². The topological polar surface area (TPSA) is 51.4 Å². The maximum absolute atomic E-state index is 13.1. The molecule has 0 spiro atoms. The standard InChI is InChI=1S/C21H26N2O2S2/c1-5-6-10-17-15-23(21(2,3)4)26-20(17)22-27(24,25)19-14-9-12-16-11-7-8-13-18(16)19/h7-9,11-15H,5-6,10H2,1-4H3. The van der Waals surface area contributed by atoms with Crippen LogP contribution in [0.15, 0.2) is 58.0 Å². The molecule has 0 aliphatic carbocycles. The van der Waals surface area contributed by atoms with Crippen molar-refractivity contribution < 1.29 is 8.42 Å². The summed E-state index contributed by atoms with van der Waals surface area (Å²) in [6, 6.07) is 12.8. The number of nitrogens with zero attached hydrogens (tertiary/aromatic N) is 2. The minimum Gasteiger partial charge on any atom is -0.298 e. The molecule has 1 aromatic heterocycles. The maximum atomic E-state index is 13.1. The van der Waals surface area contributed by atoms with Crippen molar-refractivity contribution in [2.75, 3.05) is 0 Å². The molecule has 3 aromatic rings. The van der Waals surface area contributed by atoms with Crippen molar-refractivity contribution in [3.63, 3.8) is 0 Å². The fourth-order valence-corrected chi connectivity index (χ4v) is 5.39. The fourth-order valence-electron chi connectivity index (χ4n) is 2.90. The van der Waals surface area contributed by atoms with Crippen LogP contribution in [0.2, 0.25) is 0 Å². The summed E-state index contributed by atoms with van der Waals surface area (Å²) in [6.45, 7) is 8.45. The van der Waals surface area contributed by atoms with E-state index in [9.17, 15) is 8.42 Å². The molecule has 0 N–H and O–H groups in total. The number of hydrogen-bond donors (Lipinski definition) is 0. The van der Waals surface area contributed by atoms with Crippen LogP contribution in [0.25, 0.3) is 10.8 Å². The van der Waals surface area contributed by atoms with Crippen LogP contribution in [-0.2, 0) is 22.0 Å². The number of sulfonamides is 1. The third-order valence-electron chi connectivity index (χ3n) is 4.42. The van der Waals surface area contributed by atoms with E-state index in [0.29, 0.717) is 10.1 Å². The van der Waals surface area contributed by atoms with Gasteiger partial charge in [0, 0.05) is 22.7 Å². The van der Waals surface area contributed by atoms with Gasteiger partial charge in [-0.15, -0.1) is 4.40 Å². The first-order valence-corrected chi connectivity index (χ1v) is 11.4. The molecule has 0 atom stereocenters. The Morgan fingerprint density at radius 2 is 1.78 bits per heavy atom. The Bertz CT molecular complexity index is 1110. The van der Waals surface area contributed by atoms with Gasteiger partial charge in [-0.3, -0.25) is 3.96 Å². The van der Waals surface area contributed by atoms with Crippen LogP contribution in [0.4, 0.5) is 0 Å². The average Bonchev–Trinajstić information content (AvgIpc) is 3.01. The molecule has 27 heavy (non-hydrogen) atoms. The summed E-state index contributed by atoms with van der Waals surface area (Å²) in [6.07, 6.45) is 4.95. The third-order valence-corrected chi connectivity index (χ3v) is 7.25. The molecule has 0 bridgehead atoms. The molecule has 0 saturated carbocycles. The van der Waals surface area contributed by atoms with E-state index in [1.54, 1.807) is 12.1 Å². The van der Waals surface area contributed by atoms with Crippen molar-refractivity contribution in [3.05, 3.63) is 58.9 Å². The first kappa shape index (κ1) is 19.8. The summed E-state index contributed by atoms with van der Waals surface area (Å²) >= 11 is 1.41. The first-order chi connectivity index (χ1) is 12.7. The number of benzene rings is 2. The lowest BCUT2D eigenvalue weighted by molar-refractivity contribution is 0.427. The minimum atomic E-state index is -3.80. The summed E-state index contributed by atoms with van der Waals surface area (Å²) < 4.78 is 33.2. The number of fused-ring (bicyclic) bond motifs is 1. The van der Waals surface area contributed by atoms with Gasteiger partial charge in [0.05, 0.1) is 4.90 Å². The zero-order valence-corrected chi connectivity index (χ0v) is 17.9. The van der Waals surface area contributed by atoms with Gasteiger partial charge in [0.25, 0.3) is 10.0 Å². The highest BCUT2D eigenvalue weighted by molar-refractivity contribution is 7.90. The molecule has 0 amide bonds. The molecule has 4 nitrogen and oxygen atoms in total. The van der Waals surface area contributed by atoms with E-state index in [4.69, 9.17) is 0 Å². The van der Waals surface area contributed by atoms with Crippen LogP contribution < -0.4 is 4.67 Å². The smallest absolute Gasteiger partial charge is 0.284 e. The van der Waals surface area contributed by atoms with Gasteiger partial charge >= 0.3 is 0 Å². The normalized spacial score (nSPS) is 13.4. The van der Waals surface area contributed by atoms with Gasteiger partial charge in [0.2, 0.25) is 0 Å². The van der Waals surface area contributed by atoms with Crippen LogP contribution in [0, 0.1) is 0 Å². The van der Waals surface area contributed by atoms with Crippen LogP contribution in [0.5, 0.6) is 0 Å². The summed E-state index contributed by atoms with van der Waals surface area (Å²) in [5.74, 6) is 0. The van der Waals surface area contributed by atoms with Crippen LogP contribution in [0.3, 0.4) is 0 Å². The molecular formula is C21H26N2O2S2. The number of hydrogen-bond acceptors (Lipinski definition) is 3. The van der Waals surface area contributed by atoms with E-state index in [2.05, 4.69) is 42.2 Å². The van der Waals surface area contributed by atoms with Crippen LogP contribution in [0.1, 0.15) is 46.1 Å². The first-order valence-electron chi connectivity index (χ1n) is 9.23. The van der Waals surface area contributed by atoms with Crippen molar-refractivity contribution in [2.45, 2.75) is 57.4 Å². The molecule has 1 heterocycles. The second-order valence-electron chi connectivity index (χ2n) is 7.69. The molecule has 0 radical (unpaired) electrons. The quantitative estimate of drug-likeness (QED) is 0.597. The lowest BCUT2D eigenvalue weighted by Gasteiger charge is -2.19. The predicted molar refractivity (Wildman–Crippen MR) is 113 cm³/mol. The Morgan fingerprint density at radius 3 is 2.48 bits per heavy atom. The second-order valence-corrected chi connectivity index (χ2v) is 10.2. The number of aromatic nitrogens is 1. The van der Waals surface area contributed by atoms with Crippen molar-refractivity contribution in [1.82, 2.24) is 3.96 Å². The van der Waals surface area contributed by atoms with Crippen molar-refractivity contribution >= 4 is 32.3 Å². The Hall–Kier alpha value is -1.92. The summed E-state index contributed by atoms with van der Waals surface area (Å²) in [4.78, 5) is 0.262. The van der Waals surface area contributed by atoms with Crippen LogP contribution >= 0.6 is 11.5 Å². The summed E-state index contributed by atoms with van der Waals surface area (Å²) in [5.41, 5.74) is 0.892. The van der Waals surface area contributed by atoms with Crippen molar-refractivity contribution in [2.24, 2.45) is 4.40 Å². The average molecular weight is 403 g/mol. The van der Waals surface area contributed by atoms with Gasteiger partial charge in [0.15, 0.2) is 4.67 Å². The van der Waals surface area contributed by atoms with Gasteiger partial charge in [-0.05, 0) is 56.6 Å². The molecule has 3 rings (SSSR count). The van der Waals surface area contributed by atoms with E-state index in [-0.39, 0.29) is 10.4 Å². The van der Waals surface area contributed by atoms with Crippen molar-refractivity contribution in [3.8, 4) is 0 Å². The highest BCUT2D eigenvalue weighted by atomic mass is 32.2. The molecule has 0 fully saturated rings. The molecular weight excluding hydrogens is 376 g/mol. The predicted octanol–water partition coefficient (Wildman–Crippen LogP) is 5.09. The highest BCUT2D eigenvalue weighted by Crippen LogP contribution is 2.25. The van der Waals surface area contributed by atoms with Gasteiger partial charge in [-0.1, -0.05) is 49.7 Å². The zero-order valence-electron chi connectivity index (χ0n) is 16.3. The molecule has 144 valence electrons. The third kappa shape index (κ3) is 4.33. The molecule has 0 saturated heterocycles. The molecule has 0 aliphatic heterocycles. The van der Waals surface area contributed by atoms with Gasteiger partial charge in [0.1, 0.15) is 0 Å². The number of aryl methyl sites for hydroxylation is 1.